The predicted molar refractivity (Wildman–Crippen MR) is 51.7 cm³/mol. The fraction of sp³-hybridized carbons (Fsp3) is 0.500. The van der Waals surface area contributed by atoms with Crippen molar-refractivity contribution in [3.05, 3.63) is 18.0 Å². The molecule has 1 fully saturated rings. The summed E-state index contributed by atoms with van der Waals surface area (Å²) in [6, 6.07) is 1.94. The van der Waals surface area contributed by atoms with E-state index in [0.29, 0.717) is 11.8 Å². The molecule has 0 saturated heterocycles. The molecule has 1 aromatic rings. The van der Waals surface area contributed by atoms with Gasteiger partial charge in [-0.3, -0.25) is 4.98 Å². The Balaban J connectivity index is 2.19. The van der Waals surface area contributed by atoms with Crippen molar-refractivity contribution in [2.45, 2.75) is 32.3 Å². The zero-order chi connectivity index (χ0) is 9.26. The van der Waals surface area contributed by atoms with Gasteiger partial charge >= 0.3 is 0 Å². The minimum Gasteiger partial charge on any atom is -0.488 e. The van der Waals surface area contributed by atoms with E-state index in [1.807, 2.05) is 6.07 Å². The number of nitrogen functional groups attached to an aromatic ring is 1. The highest BCUT2D eigenvalue weighted by atomic mass is 16.5. The lowest BCUT2D eigenvalue weighted by Gasteiger charge is -2.08. The predicted octanol–water partition coefficient (Wildman–Crippen LogP) is 1.77. The van der Waals surface area contributed by atoms with Crippen LogP contribution in [0.4, 0.5) is 5.69 Å². The molecule has 70 valence electrons. The number of ether oxygens (including phenoxy) is 1. The van der Waals surface area contributed by atoms with E-state index in [4.69, 9.17) is 10.5 Å². The van der Waals surface area contributed by atoms with Crippen LogP contribution in [0.2, 0.25) is 0 Å². The van der Waals surface area contributed by atoms with Gasteiger partial charge in [-0.1, -0.05) is 6.92 Å². The van der Waals surface area contributed by atoms with Crippen LogP contribution in [0.1, 0.15) is 25.5 Å². The zero-order valence-electron chi connectivity index (χ0n) is 7.79. The second-order valence-electron chi connectivity index (χ2n) is 3.38. The number of hydrogen-bond donors (Lipinski definition) is 1. The van der Waals surface area contributed by atoms with Gasteiger partial charge in [0.15, 0.2) is 0 Å². The lowest BCUT2D eigenvalue weighted by atomic mass is 10.2. The molecule has 0 aliphatic heterocycles. The van der Waals surface area contributed by atoms with Crippen molar-refractivity contribution in [1.82, 2.24) is 4.98 Å². The summed E-state index contributed by atoms with van der Waals surface area (Å²) in [6.45, 7) is 2.07. The highest BCUT2D eigenvalue weighted by Gasteiger charge is 2.24. The molecule has 3 heteroatoms. The molecule has 2 rings (SSSR count). The Morgan fingerprint density at radius 2 is 2.38 bits per heavy atom. The first kappa shape index (κ1) is 8.35. The number of hydrogen-bond acceptors (Lipinski definition) is 3. The topological polar surface area (TPSA) is 48.1 Å². The van der Waals surface area contributed by atoms with E-state index >= 15 is 0 Å². The summed E-state index contributed by atoms with van der Waals surface area (Å²) in [5.41, 5.74) is 7.41. The van der Waals surface area contributed by atoms with Crippen molar-refractivity contribution in [2.24, 2.45) is 0 Å². The molecule has 0 aromatic carbocycles. The highest BCUT2D eigenvalue weighted by molar-refractivity contribution is 5.51. The first-order valence-electron chi connectivity index (χ1n) is 4.70. The molecule has 0 amide bonds. The highest BCUT2D eigenvalue weighted by Crippen LogP contribution is 2.30. The minimum atomic E-state index is 0.398. The van der Waals surface area contributed by atoms with Crippen LogP contribution in [0.25, 0.3) is 0 Å². The Labute approximate surface area is 77.9 Å². The second-order valence-corrected chi connectivity index (χ2v) is 3.38. The normalized spacial score (nSPS) is 15.8. The maximum Gasteiger partial charge on any atom is 0.146 e. The Hall–Kier alpha value is -1.25. The molecule has 1 aliphatic carbocycles. The second kappa shape index (κ2) is 3.24. The van der Waals surface area contributed by atoms with Gasteiger partial charge in [-0.05, 0) is 19.3 Å². The summed E-state index contributed by atoms with van der Waals surface area (Å²) >= 11 is 0. The molecular weight excluding hydrogens is 164 g/mol. The van der Waals surface area contributed by atoms with Crippen LogP contribution in [0, 0.1) is 0 Å². The van der Waals surface area contributed by atoms with Gasteiger partial charge in [0.25, 0.3) is 0 Å². The smallest absolute Gasteiger partial charge is 0.146 e. The number of nitrogens with zero attached hydrogens (tertiary/aromatic N) is 1. The summed E-state index contributed by atoms with van der Waals surface area (Å²) in [6.07, 6.45) is 5.30. The maximum atomic E-state index is 5.73. The van der Waals surface area contributed by atoms with Gasteiger partial charge in [0.1, 0.15) is 5.75 Å². The maximum absolute atomic E-state index is 5.73. The van der Waals surface area contributed by atoms with Gasteiger partial charge in [0.2, 0.25) is 0 Å². The Kier molecular flexibility index (Phi) is 2.08. The average Bonchev–Trinajstić information content (AvgIpc) is 2.93. The third-order valence-corrected chi connectivity index (χ3v) is 2.13. The van der Waals surface area contributed by atoms with Crippen LogP contribution in [0.15, 0.2) is 12.3 Å². The van der Waals surface area contributed by atoms with Crippen molar-refractivity contribution in [2.75, 3.05) is 5.73 Å². The quantitative estimate of drug-likeness (QED) is 0.767. The number of anilines is 1. The largest absolute Gasteiger partial charge is 0.488 e. The number of nitrogens with two attached hydrogens (primary N) is 1. The fourth-order valence-electron chi connectivity index (χ4n) is 1.15. The lowest BCUT2D eigenvalue weighted by Crippen LogP contribution is -2.01. The third-order valence-electron chi connectivity index (χ3n) is 2.13. The van der Waals surface area contributed by atoms with Crippen molar-refractivity contribution in [3.63, 3.8) is 0 Å². The summed E-state index contributed by atoms with van der Waals surface area (Å²) in [5, 5.41) is 0. The first-order valence-corrected chi connectivity index (χ1v) is 4.70. The van der Waals surface area contributed by atoms with Gasteiger partial charge in [0.05, 0.1) is 18.0 Å². The standard InChI is InChI=1S/C10H14N2O/c1-2-7-5-10(9(11)6-12-7)13-8-3-4-8/h5-6,8H,2-4,11H2,1H3. The van der Waals surface area contributed by atoms with E-state index in [1.54, 1.807) is 6.20 Å². The van der Waals surface area contributed by atoms with Gasteiger partial charge in [-0.2, -0.15) is 0 Å². The van der Waals surface area contributed by atoms with E-state index in [0.717, 1.165) is 30.7 Å². The third kappa shape index (κ3) is 1.91. The van der Waals surface area contributed by atoms with Crippen LogP contribution in [0.5, 0.6) is 5.75 Å². The lowest BCUT2D eigenvalue weighted by molar-refractivity contribution is 0.304. The number of rotatable bonds is 3. The van der Waals surface area contributed by atoms with E-state index in [2.05, 4.69) is 11.9 Å². The molecule has 1 saturated carbocycles. The number of aryl methyl sites for hydroxylation is 1. The molecule has 0 atom stereocenters. The zero-order valence-corrected chi connectivity index (χ0v) is 7.79. The summed E-state index contributed by atoms with van der Waals surface area (Å²) in [5.74, 6) is 0.800. The van der Waals surface area contributed by atoms with Gasteiger partial charge in [-0.25, -0.2) is 0 Å². The molecule has 0 bridgehead atoms. The Bertz CT molecular complexity index is 308. The molecule has 1 aliphatic rings. The number of pyridine rings is 1. The van der Waals surface area contributed by atoms with Crippen molar-refractivity contribution >= 4 is 5.69 Å². The molecule has 1 aromatic heterocycles. The van der Waals surface area contributed by atoms with E-state index in [-0.39, 0.29) is 0 Å². The Morgan fingerprint density at radius 3 is 3.00 bits per heavy atom. The molecule has 3 nitrogen and oxygen atoms in total. The van der Waals surface area contributed by atoms with E-state index in [1.165, 1.54) is 0 Å². The summed E-state index contributed by atoms with van der Waals surface area (Å²) < 4.78 is 5.63. The molecular formula is C10H14N2O. The molecule has 2 N–H and O–H groups in total. The number of aromatic nitrogens is 1. The molecule has 1 heterocycles. The molecule has 13 heavy (non-hydrogen) atoms. The van der Waals surface area contributed by atoms with Gasteiger partial charge in [0, 0.05) is 11.8 Å². The van der Waals surface area contributed by atoms with Gasteiger partial charge in [-0.15, -0.1) is 0 Å². The van der Waals surface area contributed by atoms with Crippen LogP contribution >= 0.6 is 0 Å². The van der Waals surface area contributed by atoms with Crippen LogP contribution in [-0.2, 0) is 6.42 Å². The molecule has 0 radical (unpaired) electrons. The summed E-state index contributed by atoms with van der Waals surface area (Å²) in [7, 11) is 0. The summed E-state index contributed by atoms with van der Waals surface area (Å²) in [4.78, 5) is 4.18. The van der Waals surface area contributed by atoms with E-state index < -0.39 is 0 Å². The van der Waals surface area contributed by atoms with Crippen molar-refractivity contribution < 1.29 is 4.74 Å². The van der Waals surface area contributed by atoms with Crippen molar-refractivity contribution in [3.8, 4) is 5.75 Å². The van der Waals surface area contributed by atoms with Crippen LogP contribution in [0.3, 0.4) is 0 Å². The molecule has 0 unspecified atom stereocenters. The SMILES string of the molecule is CCc1cc(OC2CC2)c(N)cn1. The first-order chi connectivity index (χ1) is 6.29. The molecule has 0 spiro atoms. The fourth-order valence-corrected chi connectivity index (χ4v) is 1.15. The van der Waals surface area contributed by atoms with E-state index in [9.17, 15) is 0 Å². The Morgan fingerprint density at radius 1 is 1.62 bits per heavy atom. The van der Waals surface area contributed by atoms with Crippen molar-refractivity contribution in [1.29, 1.82) is 0 Å². The minimum absolute atomic E-state index is 0.398. The van der Waals surface area contributed by atoms with Crippen LogP contribution in [-0.4, -0.2) is 11.1 Å². The van der Waals surface area contributed by atoms with Crippen LogP contribution < -0.4 is 10.5 Å². The average molecular weight is 178 g/mol. The van der Waals surface area contributed by atoms with Gasteiger partial charge < -0.3 is 10.5 Å². The monoisotopic (exact) mass is 178 g/mol.